The predicted molar refractivity (Wildman–Crippen MR) is 78.0 cm³/mol. The third kappa shape index (κ3) is 1.58. The number of benzene rings is 1. The molecule has 2 heteroatoms. The SMILES string of the molecule is Cc1ccc2c(c1)C1(C)CCCC(C)(C)C1C2=NO. The van der Waals surface area contributed by atoms with E-state index in [0.717, 1.165) is 11.3 Å². The highest BCUT2D eigenvalue weighted by Gasteiger charge is 2.55. The van der Waals surface area contributed by atoms with Crippen molar-refractivity contribution >= 4 is 5.71 Å². The Kier molecular flexibility index (Phi) is 2.57. The molecule has 0 amide bonds. The minimum atomic E-state index is 0.130. The Morgan fingerprint density at radius 3 is 2.63 bits per heavy atom. The molecular weight excluding hydrogens is 234 g/mol. The van der Waals surface area contributed by atoms with Gasteiger partial charge in [0, 0.05) is 16.9 Å². The van der Waals surface area contributed by atoms with Crippen LogP contribution in [0.3, 0.4) is 0 Å². The summed E-state index contributed by atoms with van der Waals surface area (Å²) in [5, 5.41) is 13.3. The van der Waals surface area contributed by atoms with Crippen LogP contribution in [0.25, 0.3) is 0 Å². The monoisotopic (exact) mass is 257 g/mol. The zero-order chi connectivity index (χ0) is 13.8. The van der Waals surface area contributed by atoms with E-state index in [2.05, 4.69) is 51.0 Å². The van der Waals surface area contributed by atoms with E-state index in [1.807, 2.05) is 0 Å². The minimum absolute atomic E-state index is 0.130. The van der Waals surface area contributed by atoms with E-state index in [1.54, 1.807) is 0 Å². The number of hydrogen-bond donors (Lipinski definition) is 1. The molecule has 0 radical (unpaired) electrons. The van der Waals surface area contributed by atoms with Gasteiger partial charge in [0.1, 0.15) is 0 Å². The van der Waals surface area contributed by atoms with Crippen LogP contribution in [0.4, 0.5) is 0 Å². The molecule has 3 rings (SSSR count). The van der Waals surface area contributed by atoms with Gasteiger partial charge in [-0.3, -0.25) is 0 Å². The van der Waals surface area contributed by atoms with E-state index in [0.29, 0.717) is 5.92 Å². The number of fused-ring (bicyclic) bond motifs is 3. The molecule has 0 aromatic heterocycles. The van der Waals surface area contributed by atoms with Gasteiger partial charge < -0.3 is 5.21 Å². The Bertz CT molecular complexity index is 558. The topological polar surface area (TPSA) is 32.6 Å². The summed E-state index contributed by atoms with van der Waals surface area (Å²) < 4.78 is 0. The summed E-state index contributed by atoms with van der Waals surface area (Å²) in [7, 11) is 0. The average Bonchev–Trinajstić information content (AvgIpc) is 2.59. The molecule has 102 valence electrons. The lowest BCUT2D eigenvalue weighted by Gasteiger charge is -2.47. The van der Waals surface area contributed by atoms with Crippen molar-refractivity contribution in [3.63, 3.8) is 0 Å². The molecule has 0 spiro atoms. The maximum atomic E-state index is 9.56. The van der Waals surface area contributed by atoms with Crippen LogP contribution < -0.4 is 0 Å². The molecule has 2 nitrogen and oxygen atoms in total. The standard InChI is InChI=1S/C17H23NO/c1-11-6-7-12-13(10-11)17(4)9-5-8-16(2,3)15(17)14(12)18-19/h6-7,10,15,19H,5,8-9H2,1-4H3. The van der Waals surface area contributed by atoms with Crippen LogP contribution >= 0.6 is 0 Å². The summed E-state index contributed by atoms with van der Waals surface area (Å²) in [4.78, 5) is 0. The maximum Gasteiger partial charge on any atom is 0.0915 e. The highest BCUT2D eigenvalue weighted by molar-refractivity contribution is 6.08. The van der Waals surface area contributed by atoms with E-state index in [1.165, 1.54) is 30.4 Å². The van der Waals surface area contributed by atoms with E-state index >= 15 is 0 Å². The van der Waals surface area contributed by atoms with E-state index < -0.39 is 0 Å². The first-order valence-electron chi connectivity index (χ1n) is 7.23. The van der Waals surface area contributed by atoms with Gasteiger partial charge in [0.05, 0.1) is 5.71 Å². The summed E-state index contributed by atoms with van der Waals surface area (Å²) >= 11 is 0. The van der Waals surface area contributed by atoms with Crippen molar-refractivity contribution in [3.8, 4) is 0 Å². The highest BCUT2D eigenvalue weighted by atomic mass is 16.4. The first kappa shape index (κ1) is 12.7. The first-order chi connectivity index (χ1) is 8.90. The highest BCUT2D eigenvalue weighted by Crippen LogP contribution is 2.58. The van der Waals surface area contributed by atoms with Crippen LogP contribution in [-0.2, 0) is 5.41 Å². The summed E-state index contributed by atoms with van der Waals surface area (Å²) in [5.41, 5.74) is 5.07. The number of nitrogens with zero attached hydrogens (tertiary/aromatic N) is 1. The van der Waals surface area contributed by atoms with Crippen molar-refractivity contribution in [1.29, 1.82) is 0 Å². The summed E-state index contributed by atoms with van der Waals surface area (Å²) in [6, 6.07) is 6.55. The van der Waals surface area contributed by atoms with Crippen molar-refractivity contribution in [2.24, 2.45) is 16.5 Å². The van der Waals surface area contributed by atoms with Crippen LogP contribution in [-0.4, -0.2) is 10.9 Å². The molecular formula is C17H23NO. The van der Waals surface area contributed by atoms with Gasteiger partial charge in [0.2, 0.25) is 0 Å². The van der Waals surface area contributed by atoms with Crippen molar-refractivity contribution in [1.82, 2.24) is 0 Å². The van der Waals surface area contributed by atoms with Gasteiger partial charge in [0.25, 0.3) is 0 Å². The Morgan fingerprint density at radius 2 is 1.95 bits per heavy atom. The van der Waals surface area contributed by atoms with Crippen molar-refractivity contribution in [2.45, 2.75) is 52.4 Å². The van der Waals surface area contributed by atoms with Crippen molar-refractivity contribution < 1.29 is 5.21 Å². The number of hydrogen-bond acceptors (Lipinski definition) is 2. The van der Waals surface area contributed by atoms with E-state index in [9.17, 15) is 5.21 Å². The second-order valence-corrected chi connectivity index (χ2v) is 7.23. The third-order valence-corrected chi connectivity index (χ3v) is 5.38. The number of aryl methyl sites for hydroxylation is 1. The van der Waals surface area contributed by atoms with Crippen LogP contribution in [0, 0.1) is 18.3 Å². The third-order valence-electron chi connectivity index (χ3n) is 5.38. The molecule has 2 unspecified atom stereocenters. The fourth-order valence-corrected chi connectivity index (χ4v) is 4.65. The lowest BCUT2D eigenvalue weighted by molar-refractivity contribution is 0.112. The molecule has 2 aliphatic rings. The second kappa shape index (κ2) is 3.84. The van der Waals surface area contributed by atoms with E-state index in [-0.39, 0.29) is 10.8 Å². The quantitative estimate of drug-likeness (QED) is 0.546. The fourth-order valence-electron chi connectivity index (χ4n) is 4.65. The molecule has 1 saturated carbocycles. The molecule has 1 aromatic carbocycles. The van der Waals surface area contributed by atoms with Gasteiger partial charge in [-0.2, -0.15) is 0 Å². The Balaban J connectivity index is 2.27. The van der Waals surface area contributed by atoms with Gasteiger partial charge in [-0.25, -0.2) is 0 Å². The summed E-state index contributed by atoms with van der Waals surface area (Å²) in [6.07, 6.45) is 3.65. The molecule has 0 saturated heterocycles. The van der Waals surface area contributed by atoms with Crippen molar-refractivity contribution in [2.75, 3.05) is 0 Å². The summed E-state index contributed by atoms with van der Waals surface area (Å²) in [6.45, 7) is 9.13. The van der Waals surface area contributed by atoms with Crippen LogP contribution in [0.1, 0.15) is 56.7 Å². The van der Waals surface area contributed by atoms with Gasteiger partial charge in [-0.05, 0) is 30.7 Å². The smallest absolute Gasteiger partial charge is 0.0915 e. The largest absolute Gasteiger partial charge is 0.411 e. The second-order valence-electron chi connectivity index (χ2n) is 7.23. The Labute approximate surface area is 115 Å². The van der Waals surface area contributed by atoms with Crippen LogP contribution in [0.2, 0.25) is 0 Å². The molecule has 1 aromatic rings. The predicted octanol–water partition coefficient (Wildman–Crippen LogP) is 4.27. The lowest BCUT2D eigenvalue weighted by Crippen LogP contribution is -2.44. The Morgan fingerprint density at radius 1 is 1.21 bits per heavy atom. The maximum absolute atomic E-state index is 9.56. The van der Waals surface area contributed by atoms with Gasteiger partial charge >= 0.3 is 0 Å². The zero-order valence-electron chi connectivity index (χ0n) is 12.3. The van der Waals surface area contributed by atoms with Gasteiger partial charge in [-0.15, -0.1) is 0 Å². The minimum Gasteiger partial charge on any atom is -0.411 e. The van der Waals surface area contributed by atoms with Gasteiger partial charge in [0.15, 0.2) is 0 Å². The average molecular weight is 257 g/mol. The molecule has 0 heterocycles. The fraction of sp³-hybridized carbons (Fsp3) is 0.588. The molecule has 2 aliphatic carbocycles. The Hall–Kier alpha value is -1.31. The van der Waals surface area contributed by atoms with Crippen LogP contribution in [0.15, 0.2) is 23.4 Å². The molecule has 1 N–H and O–H groups in total. The van der Waals surface area contributed by atoms with Gasteiger partial charge in [-0.1, -0.05) is 56.1 Å². The first-order valence-corrected chi connectivity index (χ1v) is 7.23. The molecule has 0 bridgehead atoms. The van der Waals surface area contributed by atoms with Crippen molar-refractivity contribution in [3.05, 3.63) is 34.9 Å². The molecule has 0 aliphatic heterocycles. The molecule has 19 heavy (non-hydrogen) atoms. The molecule has 2 atom stereocenters. The zero-order valence-corrected chi connectivity index (χ0v) is 12.3. The number of rotatable bonds is 0. The normalized spacial score (nSPS) is 34.1. The van der Waals surface area contributed by atoms with Crippen LogP contribution in [0.5, 0.6) is 0 Å². The lowest BCUT2D eigenvalue weighted by atomic mass is 9.56. The number of oxime groups is 1. The van der Waals surface area contributed by atoms with E-state index in [4.69, 9.17) is 0 Å². The molecule has 1 fully saturated rings. The summed E-state index contributed by atoms with van der Waals surface area (Å²) in [5.74, 6) is 0.329.